The van der Waals surface area contributed by atoms with Gasteiger partial charge < -0.3 is 20.3 Å². The van der Waals surface area contributed by atoms with Crippen LogP contribution >= 0.6 is 0 Å². The molecular weight excluding hydrogens is 642 g/mol. The van der Waals surface area contributed by atoms with Crippen LogP contribution in [0.3, 0.4) is 0 Å². The summed E-state index contributed by atoms with van der Waals surface area (Å²) in [6.07, 6.45) is 4.88. The lowest BCUT2D eigenvalue weighted by atomic mass is 9.93. The maximum absolute atomic E-state index is 14.3. The highest BCUT2D eigenvalue weighted by Crippen LogP contribution is 2.33. The molecule has 2 aliphatic heterocycles. The second-order valence-corrected chi connectivity index (χ2v) is 14.1. The first-order valence-electron chi connectivity index (χ1n) is 18.4. The third kappa shape index (κ3) is 10.6. The number of ether oxygens (including phenoxy) is 1. The first-order chi connectivity index (χ1) is 24.7. The number of hydrogen-bond acceptors (Lipinski definition) is 6. The molecule has 0 radical (unpaired) electrons. The molecule has 5 rings (SSSR count). The first kappa shape index (κ1) is 37.5. The van der Waals surface area contributed by atoms with E-state index in [9.17, 15) is 24.0 Å². The normalized spacial score (nSPS) is 19.9. The molecule has 2 saturated heterocycles. The molecule has 2 aliphatic rings. The van der Waals surface area contributed by atoms with Crippen LogP contribution in [-0.4, -0.2) is 52.5 Å². The number of nitrogens with zero attached hydrogens (tertiary/aromatic N) is 1. The average molecular weight is 694 g/mol. The van der Waals surface area contributed by atoms with Crippen LogP contribution in [0.5, 0.6) is 0 Å². The van der Waals surface area contributed by atoms with Crippen LogP contribution in [0.25, 0.3) is 0 Å². The number of nitrogens with one attached hydrogen (secondary N) is 2. The molecule has 3 aromatic rings. The molecule has 0 saturated carbocycles. The Bertz CT molecular complexity index is 1630. The van der Waals surface area contributed by atoms with Crippen molar-refractivity contribution in [3.05, 3.63) is 107 Å². The van der Waals surface area contributed by atoms with E-state index in [1.807, 2.05) is 98.8 Å². The van der Waals surface area contributed by atoms with E-state index < -0.39 is 29.9 Å². The van der Waals surface area contributed by atoms with Crippen molar-refractivity contribution in [1.82, 2.24) is 15.5 Å². The highest BCUT2D eigenvalue weighted by molar-refractivity contribution is 5.96. The summed E-state index contributed by atoms with van der Waals surface area (Å²) in [5.41, 5.74) is 3.83. The maximum Gasteiger partial charge on any atom is 0.306 e. The van der Waals surface area contributed by atoms with Gasteiger partial charge in [0.25, 0.3) is 0 Å². The fourth-order valence-electron chi connectivity index (χ4n) is 7.27. The Labute approximate surface area is 301 Å². The summed E-state index contributed by atoms with van der Waals surface area (Å²) in [4.78, 5) is 69.9. The van der Waals surface area contributed by atoms with Gasteiger partial charge in [-0.05, 0) is 62.1 Å². The number of hydrogen-bond donors (Lipinski definition) is 2. The zero-order valence-electron chi connectivity index (χ0n) is 29.9. The van der Waals surface area contributed by atoms with Crippen molar-refractivity contribution >= 4 is 29.5 Å². The Balaban J connectivity index is 1.25. The fraction of sp³-hybridized carbons (Fsp3) is 0.452. The van der Waals surface area contributed by atoms with E-state index >= 15 is 0 Å². The van der Waals surface area contributed by atoms with Crippen LogP contribution in [-0.2, 0) is 48.3 Å². The predicted molar refractivity (Wildman–Crippen MR) is 195 cm³/mol. The van der Waals surface area contributed by atoms with Gasteiger partial charge in [0.2, 0.25) is 17.7 Å². The molecule has 2 N–H and O–H groups in total. The number of Topliss-reactive ketones (excluding diaryl/α,β-unsaturated/α-hetero) is 1. The summed E-state index contributed by atoms with van der Waals surface area (Å²) in [7, 11) is 0. The van der Waals surface area contributed by atoms with E-state index in [4.69, 9.17) is 4.74 Å². The molecule has 3 aromatic carbocycles. The lowest BCUT2D eigenvalue weighted by molar-refractivity contribution is -0.149. The van der Waals surface area contributed by atoms with Crippen LogP contribution in [0.1, 0.15) is 87.0 Å². The highest BCUT2D eigenvalue weighted by Gasteiger charge is 2.44. The lowest BCUT2D eigenvalue weighted by Crippen LogP contribution is -2.56. The van der Waals surface area contributed by atoms with Gasteiger partial charge in [-0.25, -0.2) is 0 Å². The second kappa shape index (κ2) is 18.4. The Morgan fingerprint density at radius 1 is 0.765 bits per heavy atom. The average Bonchev–Trinajstić information content (AvgIpc) is 3.57. The SMILES string of the molecule is CC[C@H](CC(=O)[C@@H]1CC[C@@H]2CCCCC(NC(=O)[C@@H](CC(=O)OCc3ccccc3)Cc3ccc(C)cc3)C(=O)N21)C(=O)NCc1ccccc1. The van der Waals surface area contributed by atoms with Crippen molar-refractivity contribution in [3.8, 4) is 0 Å². The molecule has 0 aliphatic carbocycles. The van der Waals surface area contributed by atoms with Gasteiger partial charge in [0.1, 0.15) is 12.6 Å². The molecule has 2 fully saturated rings. The minimum absolute atomic E-state index is 0.0546. The van der Waals surface area contributed by atoms with Crippen LogP contribution in [0.2, 0.25) is 0 Å². The van der Waals surface area contributed by atoms with E-state index in [0.717, 1.165) is 41.5 Å². The van der Waals surface area contributed by atoms with Gasteiger partial charge in [0.05, 0.1) is 18.4 Å². The van der Waals surface area contributed by atoms with Crippen molar-refractivity contribution in [3.63, 3.8) is 0 Å². The van der Waals surface area contributed by atoms with Crippen molar-refractivity contribution in [2.24, 2.45) is 11.8 Å². The van der Waals surface area contributed by atoms with Crippen LogP contribution in [0, 0.1) is 18.8 Å². The maximum atomic E-state index is 14.3. The molecule has 51 heavy (non-hydrogen) atoms. The van der Waals surface area contributed by atoms with Crippen LogP contribution < -0.4 is 10.6 Å². The Morgan fingerprint density at radius 3 is 2.12 bits per heavy atom. The Hall–Kier alpha value is -4.79. The minimum Gasteiger partial charge on any atom is -0.461 e. The number of ketones is 1. The molecule has 0 bridgehead atoms. The number of carbonyl (C=O) groups is 5. The second-order valence-electron chi connectivity index (χ2n) is 14.1. The van der Waals surface area contributed by atoms with Crippen LogP contribution in [0.15, 0.2) is 84.9 Å². The van der Waals surface area contributed by atoms with E-state index in [-0.39, 0.29) is 49.0 Å². The molecule has 270 valence electrons. The zero-order valence-corrected chi connectivity index (χ0v) is 29.9. The van der Waals surface area contributed by atoms with Gasteiger partial charge in [0.15, 0.2) is 5.78 Å². The number of rotatable bonds is 15. The van der Waals surface area contributed by atoms with Crippen molar-refractivity contribution in [2.45, 2.75) is 109 Å². The molecule has 9 nitrogen and oxygen atoms in total. The van der Waals surface area contributed by atoms with E-state index in [0.29, 0.717) is 38.6 Å². The number of fused-ring (bicyclic) bond motifs is 1. The molecule has 3 amide bonds. The first-order valence-corrected chi connectivity index (χ1v) is 18.4. The highest BCUT2D eigenvalue weighted by atomic mass is 16.5. The number of esters is 1. The largest absolute Gasteiger partial charge is 0.461 e. The van der Waals surface area contributed by atoms with Gasteiger partial charge in [-0.2, -0.15) is 0 Å². The standard InChI is InChI=1S/C42H51N3O6/c1-3-33(40(48)43-27-31-12-6-4-7-13-31)25-38(46)37-23-22-35-16-10-11-17-36(42(50)45(35)37)44-41(49)34(24-30-20-18-29(2)19-21-30)26-39(47)51-28-32-14-8-5-9-15-32/h4-9,12-15,18-21,33-37H,3,10-11,16-17,22-28H2,1-2H3,(H,43,48)(H,44,49)/t33-,34-,35+,36?,37+/m1/s1. The topological polar surface area (TPSA) is 122 Å². The Morgan fingerprint density at radius 2 is 1.43 bits per heavy atom. The van der Waals surface area contributed by atoms with Gasteiger partial charge in [-0.15, -0.1) is 0 Å². The number of carbonyl (C=O) groups excluding carboxylic acids is 5. The summed E-state index contributed by atoms with van der Waals surface area (Å²) >= 11 is 0. The minimum atomic E-state index is -0.814. The zero-order chi connectivity index (χ0) is 36.2. The molecule has 1 unspecified atom stereocenters. The van der Waals surface area contributed by atoms with Crippen molar-refractivity contribution in [1.29, 1.82) is 0 Å². The van der Waals surface area contributed by atoms with Gasteiger partial charge in [-0.3, -0.25) is 24.0 Å². The predicted octanol–water partition coefficient (Wildman–Crippen LogP) is 6.01. The van der Waals surface area contributed by atoms with Crippen molar-refractivity contribution in [2.75, 3.05) is 0 Å². The lowest BCUT2D eigenvalue weighted by Gasteiger charge is -2.36. The van der Waals surface area contributed by atoms with E-state index in [1.165, 1.54) is 0 Å². The summed E-state index contributed by atoms with van der Waals surface area (Å²) in [5, 5.41) is 5.97. The number of benzene rings is 3. The molecule has 0 spiro atoms. The third-order valence-corrected chi connectivity index (χ3v) is 10.3. The molecule has 9 heteroatoms. The molecule has 2 heterocycles. The molecule has 5 atom stereocenters. The van der Waals surface area contributed by atoms with Gasteiger partial charge in [-0.1, -0.05) is 110 Å². The van der Waals surface area contributed by atoms with Gasteiger partial charge >= 0.3 is 5.97 Å². The van der Waals surface area contributed by atoms with E-state index in [1.54, 1.807) is 4.90 Å². The fourth-order valence-corrected chi connectivity index (χ4v) is 7.27. The Kier molecular flexibility index (Phi) is 13.6. The van der Waals surface area contributed by atoms with Crippen LogP contribution in [0.4, 0.5) is 0 Å². The molecule has 0 aromatic heterocycles. The summed E-state index contributed by atoms with van der Waals surface area (Å²) in [6, 6.07) is 25.3. The number of aryl methyl sites for hydroxylation is 1. The smallest absolute Gasteiger partial charge is 0.306 e. The summed E-state index contributed by atoms with van der Waals surface area (Å²) in [6.45, 7) is 4.38. The summed E-state index contributed by atoms with van der Waals surface area (Å²) in [5.74, 6) is -2.66. The molecular formula is C42H51N3O6. The van der Waals surface area contributed by atoms with Crippen molar-refractivity contribution < 1.29 is 28.7 Å². The quantitative estimate of drug-likeness (QED) is 0.188. The van der Waals surface area contributed by atoms with E-state index in [2.05, 4.69) is 10.6 Å². The third-order valence-electron chi connectivity index (χ3n) is 10.3. The summed E-state index contributed by atoms with van der Waals surface area (Å²) < 4.78 is 5.55. The number of amides is 3. The monoisotopic (exact) mass is 693 g/mol. The van der Waals surface area contributed by atoms with Gasteiger partial charge in [0, 0.05) is 24.9 Å².